The molecule has 0 heterocycles. The summed E-state index contributed by atoms with van der Waals surface area (Å²) in [5.74, 6) is 0.514. The van der Waals surface area contributed by atoms with Crippen LogP contribution in [0.15, 0.2) is 12.2 Å². The van der Waals surface area contributed by atoms with Crippen LogP contribution in [0.2, 0.25) is 0 Å². The van der Waals surface area contributed by atoms with Gasteiger partial charge in [0.1, 0.15) is 6.10 Å². The van der Waals surface area contributed by atoms with Crippen molar-refractivity contribution in [2.24, 2.45) is 73.9 Å². The van der Waals surface area contributed by atoms with E-state index < -0.39 is 16.8 Å². The average Bonchev–Trinajstić information content (AvgIpc) is 3.40. The molecule has 0 radical (unpaired) electrons. The Balaban J connectivity index is 1.19. The van der Waals surface area contributed by atoms with E-state index in [1.54, 1.807) is 0 Å². The summed E-state index contributed by atoms with van der Waals surface area (Å²) in [7, 11) is 0. The summed E-state index contributed by atoms with van der Waals surface area (Å²) in [5.41, 5.74) is 0.351. The zero-order valence-electron chi connectivity index (χ0n) is 31.7. The van der Waals surface area contributed by atoms with Gasteiger partial charge in [0.25, 0.3) is 0 Å². The maximum absolute atomic E-state index is 13.8. The number of rotatable bonds is 8. The Morgan fingerprint density at radius 2 is 1.46 bits per heavy atom. The standard InChI is InChI=1S/C42H66O6/c1-11-12-23-47-34(43)28-24-29(37(28,4)5)35(44)48-32-17-18-39(8)30(38(32,6)7)16-19-41(10)31(39)14-13-27-33-26(25(2)3)15-20-42(33,36(45)46)22-21-40(27,41)9/h26-33H,2,11-24H2,1,3-10H3,(H,45,46)/t26-,27+,28?,29?,30-,31+,32-,33+,39-,40+,41+,42-/m0/s1. The SMILES string of the molecule is C=C(C)[C@@H]1CC[C@]2(C(=O)O)CC[C@]3(C)[C@H](CC[C@@H]4[C@@]5(C)CC[C@H](OC(=O)C6CC(C(=O)OCCCC)C6(C)C)C(C)(C)[C@@H]5CC[C@]43C)[C@@H]12. The van der Waals surface area contributed by atoms with Gasteiger partial charge in [-0.2, -0.15) is 0 Å². The summed E-state index contributed by atoms with van der Waals surface area (Å²) >= 11 is 0. The fraction of sp³-hybridized carbons (Fsp3) is 0.881. The number of hydrogen-bond donors (Lipinski definition) is 1. The molecule has 0 saturated heterocycles. The highest BCUT2D eigenvalue weighted by molar-refractivity contribution is 5.82. The minimum absolute atomic E-state index is 0.100. The second-order valence-electron chi connectivity index (χ2n) is 19.6. The number of esters is 2. The molecule has 6 aliphatic rings. The Hall–Kier alpha value is -1.85. The van der Waals surface area contributed by atoms with Crippen LogP contribution in [0.3, 0.4) is 0 Å². The topological polar surface area (TPSA) is 89.9 Å². The quantitative estimate of drug-likeness (QED) is 0.158. The second kappa shape index (κ2) is 11.9. The molecular weight excluding hydrogens is 600 g/mol. The lowest BCUT2D eigenvalue weighted by Gasteiger charge is -2.72. The van der Waals surface area contributed by atoms with Crippen LogP contribution in [0.25, 0.3) is 0 Å². The highest BCUT2D eigenvalue weighted by Gasteiger charge is 2.72. The molecule has 0 bridgehead atoms. The van der Waals surface area contributed by atoms with Crippen LogP contribution < -0.4 is 0 Å². The molecule has 0 spiro atoms. The molecular formula is C42H66O6. The lowest BCUT2D eigenvalue weighted by atomic mass is 9.32. The monoisotopic (exact) mass is 666 g/mol. The van der Waals surface area contributed by atoms with Crippen molar-refractivity contribution in [3.63, 3.8) is 0 Å². The Kier molecular flexibility index (Phi) is 8.88. The summed E-state index contributed by atoms with van der Waals surface area (Å²) in [6, 6.07) is 0. The van der Waals surface area contributed by atoms with E-state index in [4.69, 9.17) is 9.47 Å². The first-order valence-corrected chi connectivity index (χ1v) is 19.6. The summed E-state index contributed by atoms with van der Waals surface area (Å²) in [4.78, 5) is 39.5. The summed E-state index contributed by atoms with van der Waals surface area (Å²) in [6.07, 6.45) is 12.3. The molecule has 6 rings (SSSR count). The summed E-state index contributed by atoms with van der Waals surface area (Å²) < 4.78 is 12.0. The fourth-order valence-electron chi connectivity index (χ4n) is 14.1. The van der Waals surface area contributed by atoms with Crippen LogP contribution in [-0.4, -0.2) is 35.7 Å². The molecule has 6 saturated carbocycles. The Bertz CT molecular complexity index is 1330. The van der Waals surface area contributed by atoms with Crippen molar-refractivity contribution >= 4 is 17.9 Å². The average molecular weight is 667 g/mol. The van der Waals surface area contributed by atoms with Gasteiger partial charge in [0, 0.05) is 5.41 Å². The Morgan fingerprint density at radius 3 is 2.08 bits per heavy atom. The third-order valence-electron chi connectivity index (χ3n) is 17.3. The van der Waals surface area contributed by atoms with Crippen molar-refractivity contribution in [2.75, 3.05) is 6.61 Å². The molecule has 6 heteroatoms. The first-order valence-electron chi connectivity index (χ1n) is 19.6. The van der Waals surface area contributed by atoms with Gasteiger partial charge >= 0.3 is 17.9 Å². The number of carboxylic acid groups (broad SMARTS) is 1. The first-order chi connectivity index (χ1) is 22.3. The van der Waals surface area contributed by atoms with Crippen molar-refractivity contribution in [1.82, 2.24) is 0 Å². The van der Waals surface area contributed by atoms with Crippen LogP contribution >= 0.6 is 0 Å². The third-order valence-corrected chi connectivity index (χ3v) is 17.3. The summed E-state index contributed by atoms with van der Waals surface area (Å²) in [6.45, 7) is 25.5. The molecule has 0 aromatic heterocycles. The molecule has 0 aromatic rings. The van der Waals surface area contributed by atoms with E-state index in [9.17, 15) is 19.5 Å². The van der Waals surface area contributed by atoms with E-state index in [0.717, 1.165) is 77.0 Å². The molecule has 0 aliphatic heterocycles. The number of hydrogen-bond acceptors (Lipinski definition) is 5. The highest BCUT2D eigenvalue weighted by atomic mass is 16.5. The highest BCUT2D eigenvalue weighted by Crippen LogP contribution is 2.77. The molecule has 6 fully saturated rings. The van der Waals surface area contributed by atoms with E-state index in [2.05, 4.69) is 55.0 Å². The van der Waals surface area contributed by atoms with Gasteiger partial charge in [0.15, 0.2) is 0 Å². The number of aliphatic carboxylic acids is 1. The molecule has 48 heavy (non-hydrogen) atoms. The number of carbonyl (C=O) groups excluding carboxylic acids is 2. The molecule has 6 nitrogen and oxygen atoms in total. The normalized spacial score (nSPS) is 46.9. The van der Waals surface area contributed by atoms with Crippen LogP contribution in [-0.2, 0) is 23.9 Å². The van der Waals surface area contributed by atoms with Gasteiger partial charge in [-0.3, -0.25) is 14.4 Å². The number of allylic oxidation sites excluding steroid dienone is 1. The largest absolute Gasteiger partial charge is 0.481 e. The molecule has 6 aliphatic carbocycles. The van der Waals surface area contributed by atoms with Crippen molar-refractivity contribution in [3.8, 4) is 0 Å². The van der Waals surface area contributed by atoms with E-state index >= 15 is 0 Å². The number of unbranched alkanes of at least 4 members (excludes halogenated alkanes) is 1. The third kappa shape index (κ3) is 4.85. The van der Waals surface area contributed by atoms with Crippen molar-refractivity contribution in [2.45, 2.75) is 152 Å². The predicted molar refractivity (Wildman–Crippen MR) is 188 cm³/mol. The number of ether oxygens (including phenoxy) is 2. The minimum Gasteiger partial charge on any atom is -0.481 e. The second-order valence-corrected chi connectivity index (χ2v) is 19.6. The first kappa shape index (κ1) is 36.0. The van der Waals surface area contributed by atoms with Crippen LogP contribution in [0.1, 0.15) is 146 Å². The van der Waals surface area contributed by atoms with Crippen molar-refractivity contribution in [3.05, 3.63) is 12.2 Å². The van der Waals surface area contributed by atoms with E-state index in [1.807, 2.05) is 13.8 Å². The van der Waals surface area contributed by atoms with Gasteiger partial charge in [-0.05, 0) is 135 Å². The molecule has 0 aromatic carbocycles. The van der Waals surface area contributed by atoms with Gasteiger partial charge in [0.05, 0.1) is 23.9 Å². The maximum Gasteiger partial charge on any atom is 0.309 e. The van der Waals surface area contributed by atoms with Gasteiger partial charge < -0.3 is 14.6 Å². The molecule has 2 unspecified atom stereocenters. The zero-order valence-corrected chi connectivity index (χ0v) is 31.7. The molecule has 1 N–H and O–H groups in total. The van der Waals surface area contributed by atoms with E-state index in [0.29, 0.717) is 36.7 Å². The van der Waals surface area contributed by atoms with Gasteiger partial charge in [-0.15, -0.1) is 0 Å². The number of fused-ring (bicyclic) bond motifs is 7. The molecule has 12 atom stereocenters. The Morgan fingerprint density at radius 1 is 0.771 bits per heavy atom. The smallest absolute Gasteiger partial charge is 0.309 e. The fourth-order valence-corrected chi connectivity index (χ4v) is 14.1. The Labute approximate surface area is 290 Å². The number of carbonyl (C=O) groups is 3. The molecule has 270 valence electrons. The zero-order chi connectivity index (χ0) is 35.2. The maximum atomic E-state index is 13.8. The molecule has 0 amide bonds. The van der Waals surface area contributed by atoms with Crippen LogP contribution in [0.5, 0.6) is 0 Å². The van der Waals surface area contributed by atoms with Crippen LogP contribution in [0, 0.1) is 73.9 Å². The van der Waals surface area contributed by atoms with Gasteiger partial charge in [-0.25, -0.2) is 0 Å². The van der Waals surface area contributed by atoms with E-state index in [1.165, 1.54) is 5.57 Å². The van der Waals surface area contributed by atoms with Gasteiger partial charge in [0.2, 0.25) is 0 Å². The lowest BCUT2D eigenvalue weighted by molar-refractivity contribution is -0.252. The van der Waals surface area contributed by atoms with Gasteiger partial charge in [-0.1, -0.05) is 74.0 Å². The minimum atomic E-state index is -0.591. The van der Waals surface area contributed by atoms with Crippen molar-refractivity contribution in [1.29, 1.82) is 0 Å². The number of carboxylic acids is 1. The van der Waals surface area contributed by atoms with Crippen molar-refractivity contribution < 1.29 is 29.0 Å². The predicted octanol–water partition coefficient (Wildman–Crippen LogP) is 9.65. The van der Waals surface area contributed by atoms with Crippen LogP contribution in [0.4, 0.5) is 0 Å². The summed E-state index contributed by atoms with van der Waals surface area (Å²) in [5, 5.41) is 10.7. The van der Waals surface area contributed by atoms with E-state index in [-0.39, 0.29) is 57.5 Å². The lowest BCUT2D eigenvalue weighted by Crippen LogP contribution is -2.67.